The van der Waals surface area contributed by atoms with Gasteiger partial charge in [0.05, 0.1) is 0 Å². The molecule has 0 aromatic heterocycles. The summed E-state index contributed by atoms with van der Waals surface area (Å²) in [6.45, 7) is 5.16. The molecule has 0 bridgehead atoms. The average molecular weight is 269 g/mol. The van der Waals surface area contributed by atoms with Crippen molar-refractivity contribution in [2.45, 2.75) is 26.3 Å². The van der Waals surface area contributed by atoms with Gasteiger partial charge in [-0.1, -0.05) is 80.7 Å². The molecule has 0 aliphatic heterocycles. The van der Waals surface area contributed by atoms with Crippen molar-refractivity contribution in [3.63, 3.8) is 0 Å². The predicted molar refractivity (Wildman–Crippen MR) is 85.5 cm³/mol. The lowest BCUT2D eigenvalue weighted by Gasteiger charge is -2.14. The van der Waals surface area contributed by atoms with E-state index < -0.39 is 0 Å². The highest BCUT2D eigenvalue weighted by Gasteiger charge is 2.09. The summed E-state index contributed by atoms with van der Waals surface area (Å²) in [6.07, 6.45) is 0. The van der Waals surface area contributed by atoms with E-state index in [9.17, 15) is 0 Å². The first-order valence-corrected chi connectivity index (χ1v) is 7.00. The van der Waals surface area contributed by atoms with Crippen LogP contribution in [-0.2, 0) is 6.54 Å². The minimum absolute atomic E-state index is 0.479. The number of hydrogen-bond acceptors (Lipinski definition) is 1. The number of rotatable bonds is 4. The number of nitrogens with one attached hydrogen (secondary N) is 1. The lowest BCUT2D eigenvalue weighted by atomic mass is 9.97. The van der Waals surface area contributed by atoms with Gasteiger partial charge in [-0.25, -0.2) is 0 Å². The molecule has 0 unspecified atom stereocenters. The quantitative estimate of drug-likeness (QED) is 0.832. The van der Waals surface area contributed by atoms with E-state index >= 15 is 0 Å². The summed E-state index contributed by atoms with van der Waals surface area (Å²) in [7, 11) is 0. The van der Waals surface area contributed by atoms with Crippen molar-refractivity contribution in [3.05, 3.63) is 71.3 Å². The molecule has 0 aliphatic carbocycles. The van der Waals surface area contributed by atoms with Crippen LogP contribution in [0.25, 0.3) is 0 Å². The molecule has 0 saturated heterocycles. The van der Waals surface area contributed by atoms with Crippen LogP contribution in [-0.4, -0.2) is 4.99 Å². The van der Waals surface area contributed by atoms with Gasteiger partial charge in [0.2, 0.25) is 0 Å². The highest BCUT2D eigenvalue weighted by Crippen LogP contribution is 2.19. The summed E-state index contributed by atoms with van der Waals surface area (Å²) in [5.41, 5.74) is 3.68. The average Bonchev–Trinajstić information content (AvgIpc) is 2.46. The fourth-order valence-electron chi connectivity index (χ4n) is 2.08. The molecule has 0 radical (unpaired) electrons. The van der Waals surface area contributed by atoms with Gasteiger partial charge >= 0.3 is 0 Å². The van der Waals surface area contributed by atoms with Gasteiger partial charge in [-0.3, -0.25) is 0 Å². The van der Waals surface area contributed by atoms with E-state index in [1.807, 2.05) is 24.3 Å². The van der Waals surface area contributed by atoms with Crippen molar-refractivity contribution < 1.29 is 0 Å². The van der Waals surface area contributed by atoms with Crippen LogP contribution in [0.15, 0.2) is 54.6 Å². The Kier molecular flexibility index (Phi) is 4.69. The normalized spacial score (nSPS) is 10.5. The fourth-order valence-corrected chi connectivity index (χ4v) is 2.34. The molecule has 0 saturated carbocycles. The molecule has 2 heteroatoms. The van der Waals surface area contributed by atoms with Crippen LogP contribution in [0.2, 0.25) is 0 Å². The maximum Gasteiger partial charge on any atom is 0.107 e. The molecule has 2 rings (SSSR count). The van der Waals surface area contributed by atoms with Crippen LogP contribution in [0.1, 0.15) is 36.5 Å². The van der Waals surface area contributed by atoms with Gasteiger partial charge in [0.15, 0.2) is 0 Å². The smallest absolute Gasteiger partial charge is 0.107 e. The molecule has 0 heterocycles. The van der Waals surface area contributed by atoms with Gasteiger partial charge in [-0.05, 0) is 17.0 Å². The van der Waals surface area contributed by atoms with Gasteiger partial charge in [-0.2, -0.15) is 0 Å². The van der Waals surface area contributed by atoms with Crippen LogP contribution in [0.3, 0.4) is 0 Å². The first-order chi connectivity index (χ1) is 9.18. The summed E-state index contributed by atoms with van der Waals surface area (Å²) in [5, 5.41) is 3.34. The number of hydrogen-bond donors (Lipinski definition) is 1. The molecule has 0 amide bonds. The monoisotopic (exact) mass is 269 g/mol. The highest BCUT2D eigenvalue weighted by atomic mass is 32.1. The van der Waals surface area contributed by atoms with E-state index in [1.54, 1.807) is 0 Å². The van der Waals surface area contributed by atoms with E-state index in [0.29, 0.717) is 5.92 Å². The third-order valence-corrected chi connectivity index (χ3v) is 3.49. The lowest BCUT2D eigenvalue weighted by molar-refractivity contribution is 0.858. The zero-order valence-corrected chi connectivity index (χ0v) is 12.2. The molecule has 2 aromatic rings. The first-order valence-electron chi connectivity index (χ1n) is 6.59. The molecule has 0 aliphatic rings. The minimum Gasteiger partial charge on any atom is -0.372 e. The third kappa shape index (κ3) is 3.65. The Bertz CT molecular complexity index is 546. The van der Waals surface area contributed by atoms with Gasteiger partial charge in [0.25, 0.3) is 0 Å². The molecule has 1 N–H and O–H groups in total. The standard InChI is InChI=1S/C17H19NS/c1-13(2)15-10-6-7-11-16(15)17(19)18-12-14-8-4-3-5-9-14/h3-11,13H,12H2,1-2H3,(H,18,19). The zero-order chi connectivity index (χ0) is 13.7. The number of benzene rings is 2. The summed E-state index contributed by atoms with van der Waals surface area (Å²) < 4.78 is 0. The van der Waals surface area contributed by atoms with Crippen LogP contribution in [0.4, 0.5) is 0 Å². The summed E-state index contributed by atoms with van der Waals surface area (Å²) >= 11 is 5.52. The Morgan fingerprint density at radius 2 is 1.63 bits per heavy atom. The lowest BCUT2D eigenvalue weighted by Crippen LogP contribution is -2.23. The Labute approximate surface area is 120 Å². The third-order valence-electron chi connectivity index (χ3n) is 3.12. The summed E-state index contributed by atoms with van der Waals surface area (Å²) in [4.78, 5) is 0.827. The van der Waals surface area contributed by atoms with Gasteiger partial charge in [0.1, 0.15) is 4.99 Å². The maximum absolute atomic E-state index is 5.52. The van der Waals surface area contributed by atoms with E-state index in [4.69, 9.17) is 12.2 Å². The van der Waals surface area contributed by atoms with Crippen molar-refractivity contribution in [3.8, 4) is 0 Å². The second-order valence-electron chi connectivity index (χ2n) is 4.91. The zero-order valence-electron chi connectivity index (χ0n) is 11.4. The number of thiocarbonyl (C=S) groups is 1. The Balaban J connectivity index is 2.08. The highest BCUT2D eigenvalue weighted by molar-refractivity contribution is 7.80. The topological polar surface area (TPSA) is 12.0 Å². The van der Waals surface area contributed by atoms with Gasteiger partial charge < -0.3 is 5.32 Å². The van der Waals surface area contributed by atoms with E-state index in [1.165, 1.54) is 11.1 Å². The van der Waals surface area contributed by atoms with Crippen LogP contribution >= 0.6 is 12.2 Å². The molecule has 2 aromatic carbocycles. The SMILES string of the molecule is CC(C)c1ccccc1C(=S)NCc1ccccc1. The summed E-state index contributed by atoms with van der Waals surface area (Å²) in [5.74, 6) is 0.479. The van der Waals surface area contributed by atoms with E-state index in [0.717, 1.165) is 17.1 Å². The van der Waals surface area contributed by atoms with Crippen molar-refractivity contribution in [1.82, 2.24) is 5.32 Å². The molecule has 0 fully saturated rings. The largest absolute Gasteiger partial charge is 0.372 e. The first kappa shape index (κ1) is 13.8. The Hall–Kier alpha value is -1.67. The second kappa shape index (κ2) is 6.48. The molecule has 1 nitrogen and oxygen atoms in total. The van der Waals surface area contributed by atoms with E-state index in [-0.39, 0.29) is 0 Å². The minimum atomic E-state index is 0.479. The van der Waals surface area contributed by atoms with E-state index in [2.05, 4.69) is 49.5 Å². The van der Waals surface area contributed by atoms with Crippen molar-refractivity contribution in [2.24, 2.45) is 0 Å². The molecule has 98 valence electrons. The fraction of sp³-hybridized carbons (Fsp3) is 0.235. The maximum atomic E-state index is 5.52. The molecule has 0 atom stereocenters. The van der Waals surface area contributed by atoms with Gasteiger partial charge in [0, 0.05) is 12.1 Å². The molecule has 0 spiro atoms. The van der Waals surface area contributed by atoms with Crippen molar-refractivity contribution >= 4 is 17.2 Å². The molecular weight excluding hydrogens is 250 g/mol. The van der Waals surface area contributed by atoms with Gasteiger partial charge in [-0.15, -0.1) is 0 Å². The Morgan fingerprint density at radius 1 is 1.00 bits per heavy atom. The molecule has 19 heavy (non-hydrogen) atoms. The van der Waals surface area contributed by atoms with Crippen LogP contribution < -0.4 is 5.32 Å². The van der Waals surface area contributed by atoms with Crippen LogP contribution in [0.5, 0.6) is 0 Å². The summed E-state index contributed by atoms with van der Waals surface area (Å²) in [6, 6.07) is 18.7. The van der Waals surface area contributed by atoms with Crippen molar-refractivity contribution in [2.75, 3.05) is 0 Å². The van der Waals surface area contributed by atoms with Crippen molar-refractivity contribution in [1.29, 1.82) is 0 Å². The molecular formula is C17H19NS. The Morgan fingerprint density at radius 3 is 2.32 bits per heavy atom. The predicted octanol–water partition coefficient (Wildman–Crippen LogP) is 4.28. The second-order valence-corrected chi connectivity index (χ2v) is 5.32. The van der Waals surface area contributed by atoms with Crippen LogP contribution in [0, 0.1) is 0 Å².